The van der Waals surface area contributed by atoms with Crippen LogP contribution in [0.4, 0.5) is 0 Å². The van der Waals surface area contributed by atoms with E-state index in [0.717, 1.165) is 37.7 Å². The predicted octanol–water partition coefficient (Wildman–Crippen LogP) is -1.04. The summed E-state index contributed by atoms with van der Waals surface area (Å²) in [6.45, 7) is 2.31. The van der Waals surface area contributed by atoms with Crippen molar-refractivity contribution < 1.29 is 68.7 Å². The van der Waals surface area contributed by atoms with E-state index < -0.39 is 110 Å². The van der Waals surface area contributed by atoms with Crippen LogP contribution in [0.5, 0.6) is 0 Å². The number of aliphatic hydroxyl groups is 5. The van der Waals surface area contributed by atoms with Crippen molar-refractivity contribution in [3.05, 3.63) is 36.5 Å². The monoisotopic (exact) mass is 848 g/mol. The number of benzene rings is 1. The third kappa shape index (κ3) is 10.9. The van der Waals surface area contributed by atoms with E-state index >= 15 is 0 Å². The third-order valence-corrected chi connectivity index (χ3v) is 12.0. The number of aromatic nitrogens is 3. The molecule has 2 amide bonds. The van der Waals surface area contributed by atoms with Crippen molar-refractivity contribution in [3.63, 3.8) is 0 Å². The van der Waals surface area contributed by atoms with E-state index in [4.69, 9.17) is 29.4 Å². The second-order valence-electron chi connectivity index (χ2n) is 16.3. The minimum absolute atomic E-state index is 0.0642. The molecule has 4 fully saturated rings. The van der Waals surface area contributed by atoms with Gasteiger partial charge in [0, 0.05) is 31.5 Å². The molecule has 6 rings (SSSR count). The fourth-order valence-electron chi connectivity index (χ4n) is 8.80. The van der Waals surface area contributed by atoms with Crippen molar-refractivity contribution in [1.82, 2.24) is 25.6 Å². The second-order valence-corrected chi connectivity index (χ2v) is 16.3. The SMILES string of the molecule is CC(=O)NC1C(O[C@@H](CC2CCCCC2)C(=O)O)[C@@H](O)C(CO)O[C@H]1O[C@@H]1CC(C(=O)NCCN)C[C@@H](n2cc(-c3ccccc3)nn2)C1O[C@@H]1OC(C)[C@@H](O)C(O)C1O. The molecule has 60 heavy (non-hydrogen) atoms. The second kappa shape index (κ2) is 20.9. The molecule has 20 heteroatoms. The summed E-state index contributed by atoms with van der Waals surface area (Å²) in [5.74, 6) is -2.95. The van der Waals surface area contributed by atoms with Gasteiger partial charge in [0.25, 0.3) is 0 Å². The molecular weight excluding hydrogens is 788 g/mol. The molecule has 4 aliphatic rings. The lowest BCUT2D eigenvalue weighted by Gasteiger charge is -2.49. The molecule has 1 aromatic carbocycles. The van der Waals surface area contributed by atoms with Crippen LogP contribution in [0.1, 0.15) is 71.3 Å². The summed E-state index contributed by atoms with van der Waals surface area (Å²) in [5, 5.41) is 78.9. The number of carbonyl (C=O) groups excluding carboxylic acids is 2. The number of nitrogens with two attached hydrogens (primary N) is 1. The quantitative estimate of drug-likeness (QED) is 0.0975. The van der Waals surface area contributed by atoms with Crippen molar-refractivity contribution in [2.45, 2.75) is 151 Å². The molecule has 3 heterocycles. The summed E-state index contributed by atoms with van der Waals surface area (Å²) < 4.78 is 32.9. The van der Waals surface area contributed by atoms with E-state index in [1.54, 1.807) is 6.20 Å². The highest BCUT2D eigenvalue weighted by Crippen LogP contribution is 2.41. The van der Waals surface area contributed by atoms with Crippen molar-refractivity contribution in [2.75, 3.05) is 19.7 Å². The number of ether oxygens (including phenoxy) is 5. The number of carboxylic acid groups (broad SMARTS) is 1. The Kier molecular flexibility index (Phi) is 16.0. The molecule has 0 radical (unpaired) electrons. The van der Waals surface area contributed by atoms with E-state index in [1.807, 2.05) is 30.3 Å². The molecule has 2 saturated carbocycles. The van der Waals surface area contributed by atoms with E-state index in [0.29, 0.717) is 5.69 Å². The molecule has 2 aliphatic carbocycles. The fourth-order valence-corrected chi connectivity index (χ4v) is 8.80. The Labute approximate surface area is 347 Å². The predicted molar refractivity (Wildman–Crippen MR) is 208 cm³/mol. The van der Waals surface area contributed by atoms with E-state index in [2.05, 4.69) is 20.9 Å². The standard InChI is InChI=1S/C40H60N6O14/c1-20-31(49)33(51)34(52)40(56-20)60-35-26(46-18-25(44-45-46)23-11-7-4-8-12-23)16-24(37(53)42-14-13-41)17-27(35)58-39-30(43-21(2)48)36(32(50)29(19-47)59-39)57-28(38(54)55)15-22-9-5-3-6-10-22/h4,7-8,11-12,18,20,22,24,26-36,39-40,47,49-52H,3,5-6,9-10,13-17,19,41H2,1-2H3,(H,42,53)(H,43,48)(H,54,55)/t20?,24?,26-,27-,28+,29?,30?,31-,32+,33?,34?,35?,36?,39-,40+/m1/s1. The number of hydrogen-bond acceptors (Lipinski definition) is 16. The first kappa shape index (κ1) is 45.8. The van der Waals surface area contributed by atoms with Gasteiger partial charge in [-0.1, -0.05) is 67.6 Å². The van der Waals surface area contributed by atoms with Crippen molar-refractivity contribution in [2.24, 2.45) is 17.6 Å². The maximum absolute atomic E-state index is 13.8. The lowest BCUT2D eigenvalue weighted by Crippen LogP contribution is -2.67. The van der Waals surface area contributed by atoms with Gasteiger partial charge in [-0.3, -0.25) is 9.59 Å². The first-order valence-electron chi connectivity index (χ1n) is 20.8. The highest BCUT2D eigenvalue weighted by atomic mass is 16.7. The van der Waals surface area contributed by atoms with Crippen LogP contribution < -0.4 is 16.4 Å². The van der Waals surface area contributed by atoms with Gasteiger partial charge in [0.1, 0.15) is 54.5 Å². The highest BCUT2D eigenvalue weighted by molar-refractivity contribution is 5.79. The van der Waals surface area contributed by atoms with Crippen LogP contribution in [0.2, 0.25) is 0 Å². The Balaban J connectivity index is 1.39. The topological polar surface area (TPSA) is 300 Å². The summed E-state index contributed by atoms with van der Waals surface area (Å²) >= 11 is 0. The largest absolute Gasteiger partial charge is 0.479 e. The van der Waals surface area contributed by atoms with Gasteiger partial charge < -0.3 is 70.7 Å². The Morgan fingerprint density at radius 1 is 0.950 bits per heavy atom. The van der Waals surface area contributed by atoms with Gasteiger partial charge in [0.2, 0.25) is 11.8 Å². The lowest BCUT2D eigenvalue weighted by molar-refractivity contribution is -0.337. The molecule has 334 valence electrons. The van der Waals surface area contributed by atoms with Crippen LogP contribution in [0.3, 0.4) is 0 Å². The van der Waals surface area contributed by atoms with E-state index in [-0.39, 0.29) is 44.2 Å². The Morgan fingerprint density at radius 2 is 1.68 bits per heavy atom. The molecule has 15 atom stereocenters. The van der Waals surface area contributed by atoms with Gasteiger partial charge >= 0.3 is 5.97 Å². The Bertz CT molecular complexity index is 1700. The minimum atomic E-state index is -1.74. The number of aliphatic carboxylic acids is 1. The van der Waals surface area contributed by atoms with Gasteiger partial charge in [0.05, 0.1) is 31.1 Å². The summed E-state index contributed by atoms with van der Waals surface area (Å²) in [6.07, 6.45) is -10.7. The van der Waals surface area contributed by atoms with Gasteiger partial charge in [-0.2, -0.15) is 0 Å². The lowest BCUT2D eigenvalue weighted by atomic mass is 9.80. The molecule has 10 N–H and O–H groups in total. The van der Waals surface area contributed by atoms with Crippen LogP contribution in [0.15, 0.2) is 36.5 Å². The van der Waals surface area contributed by atoms with E-state index in [9.17, 15) is 45.0 Å². The van der Waals surface area contributed by atoms with Crippen molar-refractivity contribution in [3.8, 4) is 11.3 Å². The zero-order valence-electron chi connectivity index (χ0n) is 33.8. The van der Waals surface area contributed by atoms with Crippen molar-refractivity contribution >= 4 is 17.8 Å². The molecule has 2 aliphatic heterocycles. The molecule has 1 aromatic heterocycles. The number of carboxylic acids is 1. The summed E-state index contributed by atoms with van der Waals surface area (Å²) in [4.78, 5) is 39.2. The zero-order valence-corrected chi connectivity index (χ0v) is 33.8. The van der Waals surface area contributed by atoms with Crippen LogP contribution in [-0.2, 0) is 38.1 Å². The number of hydrogen-bond donors (Lipinski definition) is 9. The van der Waals surface area contributed by atoms with Gasteiger partial charge in [-0.15, -0.1) is 5.10 Å². The number of amides is 2. The molecule has 20 nitrogen and oxygen atoms in total. The maximum Gasteiger partial charge on any atom is 0.332 e. The highest BCUT2D eigenvalue weighted by Gasteiger charge is 2.53. The number of nitrogens with one attached hydrogen (secondary N) is 2. The van der Waals surface area contributed by atoms with Crippen LogP contribution >= 0.6 is 0 Å². The summed E-state index contributed by atoms with van der Waals surface area (Å²) in [5.41, 5.74) is 6.95. The van der Waals surface area contributed by atoms with E-state index in [1.165, 1.54) is 18.5 Å². The average molecular weight is 849 g/mol. The first-order chi connectivity index (χ1) is 28.8. The molecule has 0 spiro atoms. The number of nitrogens with zero attached hydrogens (tertiary/aromatic N) is 3. The molecule has 2 aromatic rings. The zero-order chi connectivity index (χ0) is 43.1. The smallest absolute Gasteiger partial charge is 0.332 e. The summed E-state index contributed by atoms with van der Waals surface area (Å²) in [7, 11) is 0. The third-order valence-electron chi connectivity index (χ3n) is 12.0. The van der Waals surface area contributed by atoms with Crippen molar-refractivity contribution in [1.29, 1.82) is 0 Å². The normalized spacial score (nSPS) is 35.7. The fraction of sp³-hybridized carbons (Fsp3) is 0.725. The average Bonchev–Trinajstić information content (AvgIpc) is 3.74. The molecule has 8 unspecified atom stereocenters. The minimum Gasteiger partial charge on any atom is -0.479 e. The molecule has 0 bridgehead atoms. The first-order valence-corrected chi connectivity index (χ1v) is 20.8. The summed E-state index contributed by atoms with van der Waals surface area (Å²) in [6, 6.07) is 6.96. The number of carbonyl (C=O) groups is 3. The van der Waals surface area contributed by atoms with Gasteiger partial charge in [-0.05, 0) is 32.1 Å². The van der Waals surface area contributed by atoms with Gasteiger partial charge in [0.15, 0.2) is 18.7 Å². The number of aliphatic hydroxyl groups excluding tert-OH is 5. The van der Waals surface area contributed by atoms with Crippen LogP contribution in [-0.4, -0.2) is 163 Å². The Hall–Kier alpha value is -3.67. The molecular formula is C40H60N6O14. The number of rotatable bonds is 16. The van der Waals surface area contributed by atoms with Crippen LogP contribution in [0, 0.1) is 11.8 Å². The Morgan fingerprint density at radius 3 is 2.35 bits per heavy atom. The van der Waals surface area contributed by atoms with Crippen LogP contribution in [0.25, 0.3) is 11.3 Å². The maximum atomic E-state index is 13.8. The molecule has 2 saturated heterocycles. The van der Waals surface area contributed by atoms with Gasteiger partial charge in [-0.25, -0.2) is 9.48 Å².